The second-order valence-corrected chi connectivity index (χ2v) is 5.73. The fourth-order valence-corrected chi connectivity index (χ4v) is 2.84. The van der Waals surface area contributed by atoms with E-state index in [0.29, 0.717) is 6.04 Å². The molecule has 2 rings (SSSR count). The van der Waals surface area contributed by atoms with Crippen LogP contribution < -0.4 is 5.32 Å². The molecule has 0 aromatic heterocycles. The summed E-state index contributed by atoms with van der Waals surface area (Å²) in [6.45, 7) is 5.28. The number of likely N-dealkylation sites (tertiary alicyclic amines) is 1. The third-order valence-corrected chi connectivity index (χ3v) is 4.23. The lowest BCUT2D eigenvalue weighted by molar-refractivity contribution is 0.262. The van der Waals surface area contributed by atoms with Crippen LogP contribution in [0, 0.1) is 6.92 Å². The molecule has 0 bridgehead atoms. The molecule has 1 aliphatic heterocycles. The van der Waals surface area contributed by atoms with Gasteiger partial charge in [0.1, 0.15) is 0 Å². The summed E-state index contributed by atoms with van der Waals surface area (Å²) in [5.74, 6) is 0. The maximum atomic E-state index is 6.11. The minimum Gasteiger partial charge on any atom is -0.346 e. The molecule has 0 amide bonds. The van der Waals surface area contributed by atoms with Crippen molar-refractivity contribution in [3.63, 3.8) is 0 Å². The van der Waals surface area contributed by atoms with Crippen molar-refractivity contribution >= 4 is 34.6 Å². The predicted molar refractivity (Wildman–Crippen MR) is 82.4 cm³/mol. The summed E-state index contributed by atoms with van der Waals surface area (Å²) in [5, 5.41) is 4.86. The first kappa shape index (κ1) is 13.6. The highest BCUT2D eigenvalue weighted by Crippen LogP contribution is 2.22. The molecule has 4 heteroatoms. The Hall–Kier alpha value is -0.800. The molecular formula is C14H19ClN2S. The van der Waals surface area contributed by atoms with Gasteiger partial charge in [-0.3, -0.25) is 0 Å². The van der Waals surface area contributed by atoms with E-state index in [9.17, 15) is 0 Å². The number of piperidine rings is 1. The summed E-state index contributed by atoms with van der Waals surface area (Å²) in [7, 11) is 0. The van der Waals surface area contributed by atoms with Crippen LogP contribution >= 0.6 is 23.8 Å². The maximum absolute atomic E-state index is 6.11. The highest BCUT2D eigenvalue weighted by molar-refractivity contribution is 7.80. The quantitative estimate of drug-likeness (QED) is 0.777. The lowest BCUT2D eigenvalue weighted by Crippen LogP contribution is -2.44. The number of halogens is 1. The molecule has 1 aromatic rings. The zero-order chi connectivity index (χ0) is 13.1. The van der Waals surface area contributed by atoms with E-state index in [4.69, 9.17) is 23.8 Å². The molecule has 0 radical (unpaired) electrons. The van der Waals surface area contributed by atoms with E-state index < -0.39 is 0 Å². The second-order valence-electron chi connectivity index (χ2n) is 4.93. The van der Waals surface area contributed by atoms with Gasteiger partial charge in [-0.25, -0.2) is 0 Å². The standard InChI is InChI=1S/C14H19ClN2S/c1-10-6-7-12(9-13(10)15)16-14(18)17-8-4-3-5-11(17)2/h6-7,9,11H,3-5,8H2,1-2H3,(H,16,18). The highest BCUT2D eigenvalue weighted by atomic mass is 35.5. The topological polar surface area (TPSA) is 15.3 Å². The van der Waals surface area contributed by atoms with Crippen molar-refractivity contribution < 1.29 is 0 Å². The number of benzene rings is 1. The Bertz CT molecular complexity index is 447. The molecule has 1 aliphatic rings. The Balaban J connectivity index is 2.04. The van der Waals surface area contributed by atoms with Crippen LogP contribution in [-0.2, 0) is 0 Å². The summed E-state index contributed by atoms with van der Waals surface area (Å²) in [5.41, 5.74) is 2.05. The van der Waals surface area contributed by atoms with Crippen LogP contribution in [-0.4, -0.2) is 22.6 Å². The lowest BCUT2D eigenvalue weighted by Gasteiger charge is -2.35. The largest absolute Gasteiger partial charge is 0.346 e. The Morgan fingerprint density at radius 3 is 2.89 bits per heavy atom. The van der Waals surface area contributed by atoms with Crippen molar-refractivity contribution in [1.29, 1.82) is 0 Å². The third-order valence-electron chi connectivity index (χ3n) is 3.49. The average molecular weight is 283 g/mol. The van der Waals surface area contributed by atoms with Gasteiger partial charge in [-0.2, -0.15) is 0 Å². The molecular weight excluding hydrogens is 264 g/mol. The van der Waals surface area contributed by atoms with Crippen LogP contribution in [0.25, 0.3) is 0 Å². The second kappa shape index (κ2) is 5.89. The molecule has 1 unspecified atom stereocenters. The Morgan fingerprint density at radius 2 is 2.22 bits per heavy atom. The van der Waals surface area contributed by atoms with Crippen molar-refractivity contribution in [2.24, 2.45) is 0 Å². The van der Waals surface area contributed by atoms with Crippen LogP contribution in [0.2, 0.25) is 5.02 Å². The maximum Gasteiger partial charge on any atom is 0.173 e. The molecule has 0 saturated carbocycles. The normalized spacial score (nSPS) is 19.7. The molecule has 1 fully saturated rings. The summed E-state index contributed by atoms with van der Waals surface area (Å²) in [4.78, 5) is 2.27. The number of anilines is 1. The monoisotopic (exact) mass is 282 g/mol. The Labute approximate surface area is 119 Å². The summed E-state index contributed by atoms with van der Waals surface area (Å²) < 4.78 is 0. The van der Waals surface area contributed by atoms with Gasteiger partial charge in [0.25, 0.3) is 0 Å². The van der Waals surface area contributed by atoms with Gasteiger partial charge in [-0.1, -0.05) is 17.7 Å². The minimum atomic E-state index is 0.527. The van der Waals surface area contributed by atoms with Gasteiger partial charge in [0, 0.05) is 23.3 Å². The zero-order valence-corrected chi connectivity index (χ0v) is 12.4. The van der Waals surface area contributed by atoms with Crippen LogP contribution in [0.5, 0.6) is 0 Å². The number of hydrogen-bond donors (Lipinski definition) is 1. The van der Waals surface area contributed by atoms with Gasteiger partial charge < -0.3 is 10.2 Å². The molecule has 1 atom stereocenters. The van der Waals surface area contributed by atoms with Crippen molar-refractivity contribution in [2.45, 2.75) is 39.2 Å². The highest BCUT2D eigenvalue weighted by Gasteiger charge is 2.20. The fraction of sp³-hybridized carbons (Fsp3) is 0.500. The molecule has 1 heterocycles. The first-order chi connectivity index (χ1) is 8.58. The molecule has 0 spiro atoms. The van der Waals surface area contributed by atoms with Crippen LogP contribution in [0.3, 0.4) is 0 Å². The first-order valence-electron chi connectivity index (χ1n) is 6.41. The van der Waals surface area contributed by atoms with Crippen molar-refractivity contribution in [1.82, 2.24) is 4.90 Å². The molecule has 18 heavy (non-hydrogen) atoms. The Kier molecular flexibility index (Phi) is 4.46. The van der Waals surface area contributed by atoms with E-state index in [1.54, 1.807) is 0 Å². The van der Waals surface area contributed by atoms with Crippen LogP contribution in [0.15, 0.2) is 18.2 Å². The smallest absolute Gasteiger partial charge is 0.173 e. The zero-order valence-electron chi connectivity index (χ0n) is 10.9. The summed E-state index contributed by atoms with van der Waals surface area (Å²) in [6, 6.07) is 6.48. The summed E-state index contributed by atoms with van der Waals surface area (Å²) >= 11 is 11.6. The van der Waals surface area contributed by atoms with E-state index in [1.165, 1.54) is 19.3 Å². The van der Waals surface area contributed by atoms with Crippen molar-refractivity contribution in [3.8, 4) is 0 Å². The number of thiocarbonyl (C=S) groups is 1. The molecule has 1 aromatic carbocycles. The van der Waals surface area contributed by atoms with E-state index in [1.807, 2.05) is 25.1 Å². The van der Waals surface area contributed by atoms with Gasteiger partial charge in [-0.15, -0.1) is 0 Å². The van der Waals surface area contributed by atoms with E-state index in [-0.39, 0.29) is 0 Å². The SMILES string of the molecule is Cc1ccc(NC(=S)N2CCCCC2C)cc1Cl. The fourth-order valence-electron chi connectivity index (χ4n) is 2.27. The minimum absolute atomic E-state index is 0.527. The van der Waals surface area contributed by atoms with Crippen LogP contribution in [0.1, 0.15) is 31.7 Å². The van der Waals surface area contributed by atoms with Gasteiger partial charge >= 0.3 is 0 Å². The van der Waals surface area contributed by atoms with Gasteiger partial charge in [-0.05, 0) is 63.0 Å². The number of hydrogen-bond acceptors (Lipinski definition) is 1. The third kappa shape index (κ3) is 3.15. The number of aryl methyl sites for hydroxylation is 1. The number of nitrogens with zero attached hydrogens (tertiary/aromatic N) is 1. The van der Waals surface area contributed by atoms with Crippen molar-refractivity contribution in [3.05, 3.63) is 28.8 Å². The van der Waals surface area contributed by atoms with E-state index in [2.05, 4.69) is 17.1 Å². The van der Waals surface area contributed by atoms with E-state index >= 15 is 0 Å². The average Bonchev–Trinajstić information content (AvgIpc) is 2.34. The summed E-state index contributed by atoms with van der Waals surface area (Å²) in [6.07, 6.45) is 3.74. The molecule has 1 N–H and O–H groups in total. The van der Waals surface area contributed by atoms with Gasteiger partial charge in [0.2, 0.25) is 0 Å². The predicted octanol–water partition coefficient (Wildman–Crippen LogP) is 4.22. The molecule has 98 valence electrons. The van der Waals surface area contributed by atoms with Crippen molar-refractivity contribution in [2.75, 3.05) is 11.9 Å². The van der Waals surface area contributed by atoms with Gasteiger partial charge in [0.05, 0.1) is 0 Å². The molecule has 1 saturated heterocycles. The Morgan fingerprint density at radius 1 is 1.44 bits per heavy atom. The number of nitrogens with one attached hydrogen (secondary N) is 1. The van der Waals surface area contributed by atoms with Gasteiger partial charge in [0.15, 0.2) is 5.11 Å². The molecule has 2 nitrogen and oxygen atoms in total. The molecule has 0 aliphatic carbocycles. The van der Waals surface area contributed by atoms with Crippen LogP contribution in [0.4, 0.5) is 5.69 Å². The lowest BCUT2D eigenvalue weighted by atomic mass is 10.0. The van der Waals surface area contributed by atoms with E-state index in [0.717, 1.165) is 27.9 Å². The first-order valence-corrected chi connectivity index (χ1v) is 7.20. The number of rotatable bonds is 1.